The van der Waals surface area contributed by atoms with Crippen molar-refractivity contribution in [3.8, 4) is 0 Å². The summed E-state index contributed by atoms with van der Waals surface area (Å²) in [5.41, 5.74) is 12.4. The standard InChI is InChI=1S/C12H16N2O2S/c13-10-2-1-8(12(14)15)7-11(10)17-9-3-5-16-6-4-9/h1-2,7,9H,3-6,13H2,(H2,14,15). The van der Waals surface area contributed by atoms with E-state index in [0.717, 1.165) is 31.0 Å². The molecule has 2 rings (SSSR count). The number of hydrogen-bond donors (Lipinski definition) is 2. The molecule has 1 heterocycles. The fraction of sp³-hybridized carbons (Fsp3) is 0.417. The molecule has 0 bridgehead atoms. The fourth-order valence-electron chi connectivity index (χ4n) is 1.76. The van der Waals surface area contributed by atoms with Gasteiger partial charge in [0.15, 0.2) is 0 Å². The van der Waals surface area contributed by atoms with Gasteiger partial charge in [-0.05, 0) is 31.0 Å². The van der Waals surface area contributed by atoms with E-state index in [2.05, 4.69) is 0 Å². The second-order valence-corrected chi connectivity index (χ2v) is 5.39. The number of nitrogens with two attached hydrogens (primary N) is 2. The zero-order valence-electron chi connectivity index (χ0n) is 9.52. The van der Waals surface area contributed by atoms with Crippen molar-refractivity contribution in [2.75, 3.05) is 18.9 Å². The van der Waals surface area contributed by atoms with Crippen LogP contribution >= 0.6 is 11.8 Å². The molecule has 1 aliphatic heterocycles. The van der Waals surface area contributed by atoms with Gasteiger partial charge < -0.3 is 16.2 Å². The van der Waals surface area contributed by atoms with Crippen LogP contribution in [0.4, 0.5) is 5.69 Å². The van der Waals surface area contributed by atoms with E-state index in [9.17, 15) is 4.79 Å². The van der Waals surface area contributed by atoms with Crippen molar-refractivity contribution in [1.29, 1.82) is 0 Å². The highest BCUT2D eigenvalue weighted by atomic mass is 32.2. The van der Waals surface area contributed by atoms with Gasteiger partial charge in [-0.3, -0.25) is 4.79 Å². The molecule has 0 saturated carbocycles. The third-order valence-corrected chi connectivity index (χ3v) is 4.17. The molecule has 0 spiro atoms. The van der Waals surface area contributed by atoms with E-state index in [1.54, 1.807) is 30.0 Å². The number of rotatable bonds is 3. The Balaban J connectivity index is 2.13. The van der Waals surface area contributed by atoms with Crippen LogP contribution in [-0.4, -0.2) is 24.4 Å². The van der Waals surface area contributed by atoms with Crippen molar-refractivity contribution >= 4 is 23.4 Å². The average molecular weight is 252 g/mol. The van der Waals surface area contributed by atoms with Crippen LogP contribution in [-0.2, 0) is 4.74 Å². The van der Waals surface area contributed by atoms with Gasteiger partial charge in [0.05, 0.1) is 0 Å². The van der Waals surface area contributed by atoms with E-state index in [-0.39, 0.29) is 0 Å². The van der Waals surface area contributed by atoms with Gasteiger partial charge in [0.1, 0.15) is 0 Å². The summed E-state index contributed by atoms with van der Waals surface area (Å²) in [4.78, 5) is 12.0. The molecule has 0 atom stereocenters. The van der Waals surface area contributed by atoms with E-state index < -0.39 is 5.91 Å². The molecule has 1 amide bonds. The summed E-state index contributed by atoms with van der Waals surface area (Å²) in [5.74, 6) is -0.418. The minimum Gasteiger partial charge on any atom is -0.398 e. The molecule has 4 N–H and O–H groups in total. The molecule has 1 fully saturated rings. The second-order valence-electron chi connectivity index (χ2n) is 4.05. The molecule has 4 nitrogen and oxygen atoms in total. The first-order chi connectivity index (χ1) is 8.16. The van der Waals surface area contributed by atoms with Crippen LogP contribution in [0.25, 0.3) is 0 Å². The lowest BCUT2D eigenvalue weighted by atomic mass is 10.2. The van der Waals surface area contributed by atoms with Gasteiger partial charge in [0.25, 0.3) is 0 Å². The lowest BCUT2D eigenvalue weighted by Gasteiger charge is -2.22. The van der Waals surface area contributed by atoms with Crippen molar-refractivity contribution < 1.29 is 9.53 Å². The Morgan fingerprint density at radius 3 is 2.71 bits per heavy atom. The molecule has 0 unspecified atom stereocenters. The zero-order valence-corrected chi connectivity index (χ0v) is 10.3. The summed E-state index contributed by atoms with van der Waals surface area (Å²) in [6.45, 7) is 1.60. The maximum Gasteiger partial charge on any atom is 0.248 e. The van der Waals surface area contributed by atoms with E-state index in [4.69, 9.17) is 16.2 Å². The monoisotopic (exact) mass is 252 g/mol. The van der Waals surface area contributed by atoms with Crippen molar-refractivity contribution in [3.63, 3.8) is 0 Å². The van der Waals surface area contributed by atoms with Gasteiger partial charge in [0, 0.05) is 34.6 Å². The quantitative estimate of drug-likeness (QED) is 0.802. The summed E-state index contributed by atoms with van der Waals surface area (Å²) in [7, 11) is 0. The Kier molecular flexibility index (Phi) is 3.91. The molecule has 17 heavy (non-hydrogen) atoms. The van der Waals surface area contributed by atoms with Crippen LogP contribution in [0, 0.1) is 0 Å². The molecule has 0 aliphatic carbocycles. The number of anilines is 1. The van der Waals surface area contributed by atoms with E-state index in [1.165, 1.54) is 0 Å². The van der Waals surface area contributed by atoms with Gasteiger partial charge in [-0.25, -0.2) is 0 Å². The van der Waals surface area contributed by atoms with Crippen LogP contribution in [0.2, 0.25) is 0 Å². The average Bonchev–Trinajstić information content (AvgIpc) is 2.33. The number of ether oxygens (including phenoxy) is 1. The second kappa shape index (κ2) is 5.42. The Bertz CT molecular complexity index is 417. The fourth-order valence-corrected chi connectivity index (χ4v) is 2.95. The molecule has 5 heteroatoms. The molecule has 1 saturated heterocycles. The van der Waals surface area contributed by atoms with E-state index in [0.29, 0.717) is 16.5 Å². The van der Waals surface area contributed by atoms with E-state index >= 15 is 0 Å². The molecule has 92 valence electrons. The number of thioether (sulfide) groups is 1. The molecule has 1 aromatic rings. The van der Waals surface area contributed by atoms with Crippen molar-refractivity contribution in [2.24, 2.45) is 5.73 Å². The summed E-state index contributed by atoms with van der Waals surface area (Å²) < 4.78 is 5.31. The molecular weight excluding hydrogens is 236 g/mol. The zero-order chi connectivity index (χ0) is 12.3. The van der Waals surface area contributed by atoms with Gasteiger partial charge >= 0.3 is 0 Å². The molecular formula is C12H16N2O2S. The van der Waals surface area contributed by atoms with Gasteiger partial charge in [-0.15, -0.1) is 11.8 Å². The van der Waals surface area contributed by atoms with Crippen LogP contribution in [0.5, 0.6) is 0 Å². The van der Waals surface area contributed by atoms with E-state index in [1.807, 2.05) is 0 Å². The highest BCUT2D eigenvalue weighted by Gasteiger charge is 2.16. The van der Waals surface area contributed by atoms with Crippen molar-refractivity contribution in [2.45, 2.75) is 23.0 Å². The Morgan fingerprint density at radius 2 is 2.06 bits per heavy atom. The third-order valence-electron chi connectivity index (χ3n) is 2.76. The molecule has 0 aromatic heterocycles. The van der Waals surface area contributed by atoms with Gasteiger partial charge in [-0.2, -0.15) is 0 Å². The minimum absolute atomic E-state index is 0.418. The Morgan fingerprint density at radius 1 is 1.35 bits per heavy atom. The summed E-state index contributed by atoms with van der Waals surface area (Å²) in [6.07, 6.45) is 2.04. The first kappa shape index (κ1) is 12.3. The minimum atomic E-state index is -0.418. The number of carbonyl (C=O) groups is 1. The van der Waals surface area contributed by atoms with Crippen molar-refractivity contribution in [1.82, 2.24) is 0 Å². The number of nitrogen functional groups attached to an aromatic ring is 1. The van der Waals surface area contributed by atoms with Crippen LogP contribution in [0.3, 0.4) is 0 Å². The highest BCUT2D eigenvalue weighted by Crippen LogP contribution is 2.33. The third kappa shape index (κ3) is 3.14. The van der Waals surface area contributed by atoms with Crippen LogP contribution < -0.4 is 11.5 Å². The normalized spacial score (nSPS) is 16.9. The molecule has 0 radical (unpaired) electrons. The highest BCUT2D eigenvalue weighted by molar-refractivity contribution is 8.00. The Labute approximate surface area is 105 Å². The van der Waals surface area contributed by atoms with Crippen LogP contribution in [0.1, 0.15) is 23.2 Å². The number of amides is 1. The SMILES string of the molecule is NC(=O)c1ccc(N)c(SC2CCOCC2)c1. The van der Waals surface area contributed by atoms with Gasteiger partial charge in [-0.1, -0.05) is 0 Å². The maximum absolute atomic E-state index is 11.1. The lowest BCUT2D eigenvalue weighted by molar-refractivity contribution is 0.0996. The largest absolute Gasteiger partial charge is 0.398 e. The first-order valence-corrected chi connectivity index (χ1v) is 6.48. The van der Waals surface area contributed by atoms with Gasteiger partial charge in [0.2, 0.25) is 5.91 Å². The molecule has 1 aromatic carbocycles. The topological polar surface area (TPSA) is 78.3 Å². The maximum atomic E-state index is 11.1. The number of carbonyl (C=O) groups excluding carboxylic acids is 1. The number of benzene rings is 1. The predicted molar refractivity (Wildman–Crippen MR) is 69.1 cm³/mol. The summed E-state index contributed by atoms with van der Waals surface area (Å²) in [6, 6.07) is 5.17. The number of hydrogen-bond acceptors (Lipinski definition) is 4. The number of primary amides is 1. The smallest absolute Gasteiger partial charge is 0.248 e. The summed E-state index contributed by atoms with van der Waals surface area (Å²) >= 11 is 1.71. The van der Waals surface area contributed by atoms with Crippen molar-refractivity contribution in [3.05, 3.63) is 23.8 Å². The predicted octanol–water partition coefficient (Wildman–Crippen LogP) is 1.64. The first-order valence-electron chi connectivity index (χ1n) is 5.60. The van der Waals surface area contributed by atoms with Crippen LogP contribution in [0.15, 0.2) is 23.1 Å². The summed E-state index contributed by atoms with van der Waals surface area (Å²) in [5, 5.41) is 0.508. The Hall–Kier alpha value is -1.20. The molecule has 1 aliphatic rings. The lowest BCUT2D eigenvalue weighted by Crippen LogP contribution is -2.17.